The summed E-state index contributed by atoms with van der Waals surface area (Å²) in [5.41, 5.74) is 0.253. The van der Waals surface area contributed by atoms with E-state index in [2.05, 4.69) is 5.32 Å². The number of benzene rings is 1. The predicted octanol–water partition coefficient (Wildman–Crippen LogP) is 1.87. The van der Waals surface area contributed by atoms with Crippen molar-refractivity contribution >= 4 is 40.9 Å². The first-order chi connectivity index (χ1) is 9.42. The van der Waals surface area contributed by atoms with Crippen molar-refractivity contribution in [2.45, 2.75) is 19.4 Å². The van der Waals surface area contributed by atoms with Crippen molar-refractivity contribution in [3.63, 3.8) is 0 Å². The van der Waals surface area contributed by atoms with Crippen molar-refractivity contribution in [3.8, 4) is 0 Å². The molecule has 0 aliphatic carbocycles. The van der Waals surface area contributed by atoms with Gasteiger partial charge in [-0.05, 0) is 24.6 Å². The number of carbonyl (C=O) groups excluding carboxylic acids is 3. The van der Waals surface area contributed by atoms with Gasteiger partial charge in [-0.15, -0.1) is 0 Å². The van der Waals surface area contributed by atoms with Gasteiger partial charge in [0.1, 0.15) is 12.6 Å². The predicted molar refractivity (Wildman–Crippen MR) is 74.7 cm³/mol. The Hall–Kier alpha value is -1.59. The highest BCUT2D eigenvalue weighted by atomic mass is 35.5. The molecule has 1 atom stereocenters. The van der Waals surface area contributed by atoms with Crippen molar-refractivity contribution in [1.82, 2.24) is 10.2 Å². The van der Waals surface area contributed by atoms with E-state index in [9.17, 15) is 14.4 Å². The molecule has 1 saturated heterocycles. The standard InChI is InChI=1S/C13H12Cl2N2O3/c1-2-10-12(19)16-11(18)6-17(10)13(20)7-3-8(14)5-9(15)4-7/h3-5,10H,2,6H2,1H3,(H,16,18,19). The van der Waals surface area contributed by atoms with Gasteiger partial charge in [0.25, 0.3) is 5.91 Å². The van der Waals surface area contributed by atoms with Gasteiger partial charge in [0.15, 0.2) is 0 Å². The van der Waals surface area contributed by atoms with Crippen LogP contribution in [-0.4, -0.2) is 35.2 Å². The molecule has 1 unspecified atom stereocenters. The molecule has 7 heteroatoms. The Balaban J connectivity index is 2.34. The molecule has 1 N–H and O–H groups in total. The minimum absolute atomic E-state index is 0.160. The van der Waals surface area contributed by atoms with E-state index in [0.717, 1.165) is 0 Å². The molecule has 1 aromatic carbocycles. The lowest BCUT2D eigenvalue weighted by molar-refractivity contribution is -0.138. The van der Waals surface area contributed by atoms with E-state index in [1.807, 2.05) is 0 Å². The van der Waals surface area contributed by atoms with E-state index < -0.39 is 23.8 Å². The topological polar surface area (TPSA) is 66.5 Å². The molecule has 0 aromatic heterocycles. The first kappa shape index (κ1) is 14.8. The number of piperazine rings is 1. The Labute approximate surface area is 125 Å². The first-order valence-corrected chi connectivity index (χ1v) is 6.78. The van der Waals surface area contributed by atoms with Gasteiger partial charge in [0.05, 0.1) is 0 Å². The molecule has 0 spiro atoms. The highest BCUT2D eigenvalue weighted by Crippen LogP contribution is 2.22. The summed E-state index contributed by atoms with van der Waals surface area (Å²) in [6, 6.07) is 3.75. The second kappa shape index (κ2) is 5.81. The summed E-state index contributed by atoms with van der Waals surface area (Å²) in [6.45, 7) is 1.61. The van der Waals surface area contributed by atoms with Gasteiger partial charge in [-0.25, -0.2) is 0 Å². The molecule has 0 radical (unpaired) electrons. The SMILES string of the molecule is CCC1C(=O)NC(=O)CN1C(=O)c1cc(Cl)cc(Cl)c1. The maximum absolute atomic E-state index is 12.4. The van der Waals surface area contributed by atoms with E-state index in [-0.39, 0.29) is 12.1 Å². The summed E-state index contributed by atoms with van der Waals surface area (Å²) in [4.78, 5) is 36.9. The van der Waals surface area contributed by atoms with Crippen LogP contribution in [0.2, 0.25) is 10.0 Å². The zero-order chi connectivity index (χ0) is 14.9. The maximum Gasteiger partial charge on any atom is 0.255 e. The number of halogens is 2. The summed E-state index contributed by atoms with van der Waals surface area (Å²) in [7, 11) is 0. The van der Waals surface area contributed by atoms with Crippen molar-refractivity contribution in [2.75, 3.05) is 6.54 Å². The minimum atomic E-state index is -0.669. The molecule has 3 amide bonds. The number of hydrogen-bond donors (Lipinski definition) is 1. The normalized spacial score (nSPS) is 18.9. The third-order valence-electron chi connectivity index (χ3n) is 3.01. The number of amides is 3. The second-order valence-corrected chi connectivity index (χ2v) is 5.30. The van der Waals surface area contributed by atoms with E-state index >= 15 is 0 Å². The van der Waals surface area contributed by atoms with Crippen LogP contribution < -0.4 is 5.32 Å². The summed E-state index contributed by atoms with van der Waals surface area (Å²) >= 11 is 11.7. The Morgan fingerprint density at radius 1 is 1.30 bits per heavy atom. The fourth-order valence-corrected chi connectivity index (χ4v) is 2.65. The third kappa shape index (κ3) is 2.94. The van der Waals surface area contributed by atoms with E-state index in [4.69, 9.17) is 23.2 Å². The Bertz CT molecular complexity index is 569. The van der Waals surface area contributed by atoms with Gasteiger partial charge in [0, 0.05) is 15.6 Å². The van der Waals surface area contributed by atoms with Gasteiger partial charge in [0.2, 0.25) is 11.8 Å². The number of hydrogen-bond acceptors (Lipinski definition) is 3. The van der Waals surface area contributed by atoms with E-state index in [1.165, 1.54) is 23.1 Å². The average molecular weight is 315 g/mol. The lowest BCUT2D eigenvalue weighted by atomic mass is 10.1. The fourth-order valence-electron chi connectivity index (χ4n) is 2.13. The van der Waals surface area contributed by atoms with Crippen LogP contribution in [0.3, 0.4) is 0 Å². The van der Waals surface area contributed by atoms with Crippen LogP contribution in [0.5, 0.6) is 0 Å². The molecule has 1 heterocycles. The van der Waals surface area contributed by atoms with Gasteiger partial charge in [-0.2, -0.15) is 0 Å². The number of imide groups is 1. The van der Waals surface area contributed by atoms with E-state index in [0.29, 0.717) is 16.5 Å². The Morgan fingerprint density at radius 2 is 1.90 bits per heavy atom. The van der Waals surface area contributed by atoms with Crippen molar-refractivity contribution in [3.05, 3.63) is 33.8 Å². The first-order valence-electron chi connectivity index (χ1n) is 6.03. The van der Waals surface area contributed by atoms with Gasteiger partial charge in [-0.1, -0.05) is 30.1 Å². The summed E-state index contributed by atoms with van der Waals surface area (Å²) in [6.07, 6.45) is 0.416. The highest BCUT2D eigenvalue weighted by Gasteiger charge is 2.35. The summed E-state index contributed by atoms with van der Waals surface area (Å²) in [5.74, 6) is -1.41. The Morgan fingerprint density at radius 3 is 2.45 bits per heavy atom. The lowest BCUT2D eigenvalue weighted by Gasteiger charge is -2.33. The van der Waals surface area contributed by atoms with Crippen molar-refractivity contribution in [2.24, 2.45) is 0 Å². The molecule has 106 valence electrons. The highest BCUT2D eigenvalue weighted by molar-refractivity contribution is 6.35. The lowest BCUT2D eigenvalue weighted by Crippen LogP contribution is -2.59. The van der Waals surface area contributed by atoms with Gasteiger partial charge < -0.3 is 4.90 Å². The average Bonchev–Trinajstić information content (AvgIpc) is 2.35. The number of carbonyl (C=O) groups is 3. The van der Waals surface area contributed by atoms with Gasteiger partial charge >= 0.3 is 0 Å². The zero-order valence-corrected chi connectivity index (χ0v) is 12.2. The zero-order valence-electron chi connectivity index (χ0n) is 10.7. The molecule has 2 rings (SSSR count). The smallest absolute Gasteiger partial charge is 0.255 e. The number of nitrogens with one attached hydrogen (secondary N) is 1. The third-order valence-corrected chi connectivity index (χ3v) is 3.45. The molecule has 0 bridgehead atoms. The maximum atomic E-state index is 12.4. The van der Waals surface area contributed by atoms with E-state index in [1.54, 1.807) is 6.92 Å². The van der Waals surface area contributed by atoms with Crippen LogP contribution in [-0.2, 0) is 9.59 Å². The fraction of sp³-hybridized carbons (Fsp3) is 0.308. The van der Waals surface area contributed by atoms with Crippen LogP contribution >= 0.6 is 23.2 Å². The largest absolute Gasteiger partial charge is 0.317 e. The quantitative estimate of drug-likeness (QED) is 0.847. The summed E-state index contributed by atoms with van der Waals surface area (Å²) < 4.78 is 0. The minimum Gasteiger partial charge on any atom is -0.317 e. The molecular weight excluding hydrogens is 303 g/mol. The Kier molecular flexibility index (Phi) is 4.30. The molecule has 20 heavy (non-hydrogen) atoms. The molecule has 1 aromatic rings. The molecule has 1 aliphatic heterocycles. The van der Waals surface area contributed by atoms with Gasteiger partial charge in [-0.3, -0.25) is 19.7 Å². The molecular formula is C13H12Cl2N2O3. The molecule has 0 saturated carbocycles. The van der Waals surface area contributed by atoms with Crippen molar-refractivity contribution in [1.29, 1.82) is 0 Å². The van der Waals surface area contributed by atoms with Crippen LogP contribution in [0.25, 0.3) is 0 Å². The van der Waals surface area contributed by atoms with Crippen LogP contribution in [0, 0.1) is 0 Å². The van der Waals surface area contributed by atoms with Crippen LogP contribution in [0.1, 0.15) is 23.7 Å². The molecule has 5 nitrogen and oxygen atoms in total. The molecule has 1 fully saturated rings. The van der Waals surface area contributed by atoms with Crippen LogP contribution in [0.4, 0.5) is 0 Å². The van der Waals surface area contributed by atoms with Crippen molar-refractivity contribution < 1.29 is 14.4 Å². The molecule has 1 aliphatic rings. The second-order valence-electron chi connectivity index (χ2n) is 4.43. The van der Waals surface area contributed by atoms with Crippen LogP contribution in [0.15, 0.2) is 18.2 Å². The monoisotopic (exact) mass is 314 g/mol. The number of nitrogens with zero attached hydrogens (tertiary/aromatic N) is 1. The number of rotatable bonds is 2. The summed E-state index contributed by atoms with van der Waals surface area (Å²) in [5, 5.41) is 2.86.